The highest BCUT2D eigenvalue weighted by atomic mass is 19.4. The second-order valence-corrected chi connectivity index (χ2v) is 7.98. The number of carbonyl (C=O) groups is 1. The van der Waals surface area contributed by atoms with Gasteiger partial charge in [-0.05, 0) is 66.1 Å². The van der Waals surface area contributed by atoms with Crippen LogP contribution >= 0.6 is 0 Å². The van der Waals surface area contributed by atoms with E-state index in [4.69, 9.17) is 10.00 Å². The molecule has 1 unspecified atom stereocenters. The number of nitriles is 1. The van der Waals surface area contributed by atoms with Crippen LogP contribution in [0.1, 0.15) is 47.2 Å². The van der Waals surface area contributed by atoms with Gasteiger partial charge in [0, 0.05) is 13.0 Å². The Morgan fingerprint density at radius 1 is 0.912 bits per heavy atom. The lowest BCUT2D eigenvalue weighted by molar-refractivity contribution is -0.137. The fourth-order valence-electron chi connectivity index (χ4n) is 4.07. The molecule has 0 aliphatic carbocycles. The van der Waals surface area contributed by atoms with Gasteiger partial charge in [0.05, 0.1) is 23.2 Å². The second-order valence-electron chi connectivity index (χ2n) is 7.98. The molecule has 0 aromatic heterocycles. The minimum atomic E-state index is -4.50. The highest BCUT2D eigenvalue weighted by Gasteiger charge is 2.38. The Balaban J connectivity index is 1.81. The van der Waals surface area contributed by atoms with Gasteiger partial charge in [0.2, 0.25) is 5.91 Å². The van der Waals surface area contributed by atoms with E-state index < -0.39 is 29.7 Å². The number of benzene rings is 3. The third-order valence-corrected chi connectivity index (χ3v) is 5.76. The van der Waals surface area contributed by atoms with Crippen molar-refractivity contribution < 1.29 is 27.1 Å². The molecule has 3 aromatic rings. The van der Waals surface area contributed by atoms with Crippen molar-refractivity contribution in [3.63, 3.8) is 0 Å². The lowest BCUT2D eigenvalue weighted by Gasteiger charge is -2.35. The molecule has 8 heteroatoms. The first-order valence-electron chi connectivity index (χ1n) is 10.6. The van der Waals surface area contributed by atoms with E-state index in [0.29, 0.717) is 41.8 Å². The summed E-state index contributed by atoms with van der Waals surface area (Å²) in [7, 11) is 0. The number of nitrogens with zero attached hydrogens (tertiary/aromatic N) is 2. The topological polar surface area (TPSA) is 53.3 Å². The van der Waals surface area contributed by atoms with Crippen molar-refractivity contribution in [2.45, 2.75) is 31.2 Å². The largest absolute Gasteiger partial charge is 0.483 e. The van der Waals surface area contributed by atoms with Crippen LogP contribution in [0.2, 0.25) is 0 Å². The predicted molar refractivity (Wildman–Crippen MR) is 116 cm³/mol. The average Bonchev–Trinajstić information content (AvgIpc) is 3.25. The number of hydrogen-bond acceptors (Lipinski definition) is 3. The quantitative estimate of drug-likeness (QED) is 0.405. The van der Waals surface area contributed by atoms with Crippen LogP contribution in [0.5, 0.6) is 5.75 Å². The monoisotopic (exact) mass is 468 g/mol. The maximum absolute atomic E-state index is 13.7. The van der Waals surface area contributed by atoms with E-state index >= 15 is 0 Å². The van der Waals surface area contributed by atoms with Gasteiger partial charge in [0.15, 0.2) is 0 Å². The fourth-order valence-corrected chi connectivity index (χ4v) is 4.07. The summed E-state index contributed by atoms with van der Waals surface area (Å²) in [5.41, 5.74) is 0.633. The molecule has 1 aliphatic heterocycles. The van der Waals surface area contributed by atoms with Crippen LogP contribution in [0.15, 0.2) is 72.8 Å². The van der Waals surface area contributed by atoms with Crippen molar-refractivity contribution in [2.75, 3.05) is 6.54 Å². The molecule has 2 atom stereocenters. The highest BCUT2D eigenvalue weighted by molar-refractivity contribution is 5.78. The van der Waals surface area contributed by atoms with E-state index in [0.717, 1.165) is 12.1 Å². The van der Waals surface area contributed by atoms with Gasteiger partial charge in [-0.1, -0.05) is 24.3 Å². The lowest BCUT2D eigenvalue weighted by atomic mass is 9.93. The molecule has 0 bridgehead atoms. The Hall–Kier alpha value is -3.86. The van der Waals surface area contributed by atoms with Gasteiger partial charge in [-0.2, -0.15) is 18.4 Å². The van der Waals surface area contributed by atoms with Crippen LogP contribution in [0.25, 0.3) is 0 Å². The maximum atomic E-state index is 13.7. The SMILES string of the molecule is N#Cc1ccc(O[C@@H](c2ccc(C(F)(F)F)cc2)C(c2ccc(F)cc2)N2CCCC2=O)cc1. The minimum Gasteiger partial charge on any atom is -0.483 e. The molecule has 0 saturated carbocycles. The molecule has 3 aromatic carbocycles. The molecule has 0 N–H and O–H groups in total. The smallest absolute Gasteiger partial charge is 0.416 e. The summed E-state index contributed by atoms with van der Waals surface area (Å²) < 4.78 is 59.4. The van der Waals surface area contributed by atoms with E-state index in [1.807, 2.05) is 6.07 Å². The van der Waals surface area contributed by atoms with E-state index in [1.54, 1.807) is 41.3 Å². The molecular formula is C26H20F4N2O2. The zero-order valence-corrected chi connectivity index (χ0v) is 17.9. The average molecular weight is 468 g/mol. The lowest BCUT2D eigenvalue weighted by Crippen LogP contribution is -2.36. The van der Waals surface area contributed by atoms with Gasteiger partial charge in [-0.3, -0.25) is 4.79 Å². The highest BCUT2D eigenvalue weighted by Crippen LogP contribution is 2.41. The maximum Gasteiger partial charge on any atom is 0.416 e. The van der Waals surface area contributed by atoms with Gasteiger partial charge < -0.3 is 9.64 Å². The van der Waals surface area contributed by atoms with Crippen molar-refractivity contribution in [2.24, 2.45) is 0 Å². The van der Waals surface area contributed by atoms with Crippen LogP contribution in [0.4, 0.5) is 17.6 Å². The Labute approximate surface area is 194 Å². The van der Waals surface area contributed by atoms with Gasteiger partial charge in [0.25, 0.3) is 0 Å². The van der Waals surface area contributed by atoms with Gasteiger partial charge in [0.1, 0.15) is 17.7 Å². The molecule has 4 rings (SSSR count). The normalized spacial score (nSPS) is 15.6. The minimum absolute atomic E-state index is 0.116. The summed E-state index contributed by atoms with van der Waals surface area (Å²) in [5, 5.41) is 9.05. The Morgan fingerprint density at radius 3 is 2.06 bits per heavy atom. The third-order valence-electron chi connectivity index (χ3n) is 5.76. The van der Waals surface area contributed by atoms with Gasteiger partial charge in [-0.25, -0.2) is 4.39 Å². The summed E-state index contributed by atoms with van der Waals surface area (Å²) in [6.07, 6.45) is -4.41. The molecule has 34 heavy (non-hydrogen) atoms. The van der Waals surface area contributed by atoms with Crippen molar-refractivity contribution in [3.05, 3.63) is 101 Å². The second kappa shape index (κ2) is 9.56. The fraction of sp³-hybridized carbons (Fsp3) is 0.231. The number of halogens is 4. The van der Waals surface area contributed by atoms with Gasteiger partial charge >= 0.3 is 6.18 Å². The zero-order valence-electron chi connectivity index (χ0n) is 17.9. The zero-order chi connectivity index (χ0) is 24.3. The van der Waals surface area contributed by atoms with E-state index in [1.165, 1.54) is 24.3 Å². The Morgan fingerprint density at radius 2 is 1.53 bits per heavy atom. The third kappa shape index (κ3) is 5.04. The summed E-state index contributed by atoms with van der Waals surface area (Å²) in [4.78, 5) is 14.3. The summed E-state index contributed by atoms with van der Waals surface area (Å²) in [5.74, 6) is -0.188. The summed E-state index contributed by atoms with van der Waals surface area (Å²) >= 11 is 0. The van der Waals surface area contributed by atoms with Crippen molar-refractivity contribution in [3.8, 4) is 11.8 Å². The summed E-state index contributed by atoms with van der Waals surface area (Å²) in [6.45, 7) is 0.439. The van der Waals surface area contributed by atoms with E-state index in [9.17, 15) is 22.4 Å². The molecule has 1 aliphatic rings. The van der Waals surface area contributed by atoms with E-state index in [-0.39, 0.29) is 5.91 Å². The molecule has 0 spiro atoms. The number of carbonyl (C=O) groups excluding carboxylic acids is 1. The van der Waals surface area contributed by atoms with Crippen LogP contribution < -0.4 is 4.74 Å². The number of ether oxygens (including phenoxy) is 1. The van der Waals surface area contributed by atoms with Crippen LogP contribution in [-0.4, -0.2) is 17.4 Å². The van der Waals surface area contributed by atoms with Crippen LogP contribution in [-0.2, 0) is 11.0 Å². The first-order chi connectivity index (χ1) is 16.3. The number of likely N-dealkylation sites (tertiary alicyclic amines) is 1. The first kappa shape index (κ1) is 23.3. The predicted octanol–water partition coefficient (Wildman–Crippen LogP) is 6.20. The Kier molecular flexibility index (Phi) is 6.55. The number of alkyl halides is 3. The molecule has 174 valence electrons. The van der Waals surface area contributed by atoms with Crippen LogP contribution in [0.3, 0.4) is 0 Å². The number of hydrogen-bond donors (Lipinski definition) is 0. The standard InChI is InChI=1S/C26H20F4N2O2/c27-21-11-7-18(8-12-21)24(32-15-1-2-23(32)33)25(34-22-13-3-17(16-31)4-14-22)19-5-9-20(10-6-19)26(28,29)30/h3-14,24-25H,1-2,15H2/t24?,25-/m0/s1. The molecule has 0 radical (unpaired) electrons. The summed E-state index contributed by atoms with van der Waals surface area (Å²) in [6, 6.07) is 17.8. The van der Waals surface area contributed by atoms with Crippen molar-refractivity contribution >= 4 is 5.91 Å². The van der Waals surface area contributed by atoms with Gasteiger partial charge in [-0.15, -0.1) is 0 Å². The van der Waals surface area contributed by atoms with Crippen LogP contribution in [0, 0.1) is 17.1 Å². The van der Waals surface area contributed by atoms with Crippen molar-refractivity contribution in [1.29, 1.82) is 5.26 Å². The molecular weight excluding hydrogens is 448 g/mol. The molecule has 1 amide bonds. The van der Waals surface area contributed by atoms with E-state index in [2.05, 4.69) is 0 Å². The Bertz CT molecular complexity index is 1180. The number of rotatable bonds is 6. The molecule has 1 fully saturated rings. The molecule has 1 heterocycles. The van der Waals surface area contributed by atoms with Crippen molar-refractivity contribution in [1.82, 2.24) is 4.90 Å². The first-order valence-corrected chi connectivity index (χ1v) is 10.6. The number of amides is 1. The molecule has 1 saturated heterocycles. The molecule has 4 nitrogen and oxygen atoms in total.